The molecule has 1 aliphatic rings. The van der Waals surface area contributed by atoms with Gasteiger partial charge in [0.1, 0.15) is 22.0 Å². The van der Waals surface area contributed by atoms with Gasteiger partial charge in [-0.05, 0) is 36.2 Å². The Hall–Kier alpha value is -2.41. The van der Waals surface area contributed by atoms with Crippen LogP contribution in [-0.4, -0.2) is 70.3 Å². The van der Waals surface area contributed by atoms with Crippen molar-refractivity contribution in [2.45, 2.75) is 32.4 Å². The Kier molecular flexibility index (Phi) is 7.84. The van der Waals surface area contributed by atoms with Crippen LogP contribution in [0.3, 0.4) is 0 Å². The monoisotopic (exact) mass is 584 g/mol. The van der Waals surface area contributed by atoms with Crippen molar-refractivity contribution in [1.29, 1.82) is 0 Å². The average molecular weight is 586 g/mol. The van der Waals surface area contributed by atoms with Crippen molar-refractivity contribution in [2.75, 3.05) is 31.7 Å². The number of aromatic nitrogens is 4. The number of methoxy groups -OCH3 is 1. The fourth-order valence-electron chi connectivity index (χ4n) is 3.95. The van der Waals surface area contributed by atoms with E-state index < -0.39 is 5.97 Å². The van der Waals surface area contributed by atoms with Crippen LogP contribution in [-0.2, 0) is 16.5 Å². The standard InChI is InChI=1S/C22H26BrClN6O4S/c1-5-34-21(32)19-17(13-8-29(3)10-25-13)28-22(35-19)30-7-6-12(14(9-30)33-4)27-20(31)18-15(23)16(24)11(2)26-18/h8,10,12,14,26H,5-7,9H2,1-4H3,(H,27,31)/t12-,14+/m1/s1. The summed E-state index contributed by atoms with van der Waals surface area (Å²) in [5, 5.41) is 4.22. The highest BCUT2D eigenvalue weighted by molar-refractivity contribution is 9.10. The zero-order chi connectivity index (χ0) is 25.3. The molecule has 1 aliphatic heterocycles. The van der Waals surface area contributed by atoms with Gasteiger partial charge in [0.25, 0.3) is 5.91 Å². The number of ether oxygens (including phenoxy) is 2. The summed E-state index contributed by atoms with van der Waals surface area (Å²) >= 11 is 10.8. The van der Waals surface area contributed by atoms with Crippen LogP contribution >= 0.6 is 38.9 Å². The number of carbonyl (C=O) groups is 2. The van der Waals surface area contributed by atoms with Crippen molar-refractivity contribution in [3.05, 3.63) is 38.3 Å². The number of nitrogens with zero attached hydrogens (tertiary/aromatic N) is 4. The minimum absolute atomic E-state index is 0.210. The normalized spacial score (nSPS) is 18.1. The number of nitrogens with one attached hydrogen (secondary N) is 2. The molecule has 188 valence electrons. The number of hydrogen-bond donors (Lipinski definition) is 2. The lowest BCUT2D eigenvalue weighted by atomic mass is 10.0. The number of amides is 1. The van der Waals surface area contributed by atoms with Crippen molar-refractivity contribution in [1.82, 2.24) is 24.8 Å². The summed E-state index contributed by atoms with van der Waals surface area (Å²) in [7, 11) is 3.47. The Labute approximate surface area is 220 Å². The third-order valence-electron chi connectivity index (χ3n) is 5.75. The SMILES string of the molecule is CCOC(=O)c1sc(N2CC[C@@H](NC(=O)c3[nH]c(C)c(Cl)c3Br)[C@@H](OC)C2)nc1-c1cn(C)cn1. The molecule has 0 bridgehead atoms. The molecular formula is C22H26BrClN6O4S. The topological polar surface area (TPSA) is 114 Å². The predicted octanol–water partition coefficient (Wildman–Crippen LogP) is 3.80. The van der Waals surface area contributed by atoms with Gasteiger partial charge in [0.05, 0.1) is 34.6 Å². The quantitative estimate of drug-likeness (QED) is 0.406. The molecule has 2 atom stereocenters. The zero-order valence-corrected chi connectivity index (χ0v) is 22.9. The van der Waals surface area contributed by atoms with E-state index in [1.165, 1.54) is 11.3 Å². The number of aromatic amines is 1. The second-order valence-corrected chi connectivity index (χ2v) is 10.3. The van der Waals surface area contributed by atoms with Crippen molar-refractivity contribution in [3.63, 3.8) is 0 Å². The van der Waals surface area contributed by atoms with Crippen molar-refractivity contribution < 1.29 is 19.1 Å². The van der Waals surface area contributed by atoms with Crippen LogP contribution in [0.4, 0.5) is 5.13 Å². The van der Waals surface area contributed by atoms with Crippen LogP contribution in [0.15, 0.2) is 17.0 Å². The second-order valence-electron chi connectivity index (χ2n) is 8.16. The zero-order valence-electron chi connectivity index (χ0n) is 19.7. The first-order valence-electron chi connectivity index (χ1n) is 11.0. The minimum atomic E-state index is -0.423. The summed E-state index contributed by atoms with van der Waals surface area (Å²) < 4.78 is 13.3. The molecule has 13 heteroatoms. The van der Waals surface area contributed by atoms with E-state index in [0.717, 1.165) is 0 Å². The molecule has 4 rings (SSSR count). The summed E-state index contributed by atoms with van der Waals surface area (Å²) in [5.74, 6) is -0.684. The molecular weight excluding hydrogens is 560 g/mol. The number of carbonyl (C=O) groups excluding carboxylic acids is 2. The molecule has 0 unspecified atom stereocenters. The van der Waals surface area contributed by atoms with Crippen LogP contribution in [0.25, 0.3) is 11.4 Å². The Morgan fingerprint density at radius 1 is 1.43 bits per heavy atom. The van der Waals surface area contributed by atoms with Gasteiger partial charge in [-0.25, -0.2) is 14.8 Å². The van der Waals surface area contributed by atoms with E-state index in [0.29, 0.717) is 61.8 Å². The Balaban J connectivity index is 1.53. The van der Waals surface area contributed by atoms with Gasteiger partial charge < -0.3 is 29.2 Å². The number of hydrogen-bond acceptors (Lipinski definition) is 8. The first-order valence-corrected chi connectivity index (χ1v) is 13.0. The van der Waals surface area contributed by atoms with Gasteiger partial charge in [0.2, 0.25) is 0 Å². The molecule has 2 N–H and O–H groups in total. The number of H-pyrrole nitrogens is 1. The number of imidazole rings is 1. The molecule has 0 aliphatic carbocycles. The minimum Gasteiger partial charge on any atom is -0.462 e. The van der Waals surface area contributed by atoms with E-state index in [1.807, 2.05) is 13.2 Å². The molecule has 0 aromatic carbocycles. The van der Waals surface area contributed by atoms with Gasteiger partial charge in [-0.15, -0.1) is 0 Å². The molecule has 3 aromatic rings. The van der Waals surface area contributed by atoms with E-state index in [9.17, 15) is 9.59 Å². The molecule has 0 radical (unpaired) electrons. The van der Waals surface area contributed by atoms with Gasteiger partial charge in [0, 0.05) is 39.1 Å². The van der Waals surface area contributed by atoms with E-state index >= 15 is 0 Å². The lowest BCUT2D eigenvalue weighted by molar-refractivity contribution is 0.0531. The molecule has 10 nitrogen and oxygen atoms in total. The van der Waals surface area contributed by atoms with Crippen LogP contribution < -0.4 is 10.2 Å². The molecule has 1 saturated heterocycles. The average Bonchev–Trinajstić information content (AvgIpc) is 3.54. The van der Waals surface area contributed by atoms with E-state index in [-0.39, 0.29) is 24.7 Å². The molecule has 3 aromatic heterocycles. The molecule has 35 heavy (non-hydrogen) atoms. The van der Waals surface area contributed by atoms with Gasteiger partial charge in [-0.3, -0.25) is 4.79 Å². The number of anilines is 1. The summed E-state index contributed by atoms with van der Waals surface area (Å²) in [6, 6.07) is -0.210. The van der Waals surface area contributed by atoms with Crippen molar-refractivity contribution in [3.8, 4) is 11.4 Å². The highest BCUT2D eigenvalue weighted by Crippen LogP contribution is 2.35. The van der Waals surface area contributed by atoms with E-state index in [1.54, 1.807) is 31.9 Å². The highest BCUT2D eigenvalue weighted by atomic mass is 79.9. The van der Waals surface area contributed by atoms with Gasteiger partial charge >= 0.3 is 5.97 Å². The molecule has 0 spiro atoms. The third kappa shape index (κ3) is 5.25. The lowest BCUT2D eigenvalue weighted by Crippen LogP contribution is -2.55. The molecule has 1 fully saturated rings. The summed E-state index contributed by atoms with van der Waals surface area (Å²) in [4.78, 5) is 40.1. The molecule has 1 amide bonds. The first-order chi connectivity index (χ1) is 16.7. The van der Waals surface area contributed by atoms with Crippen LogP contribution in [0.2, 0.25) is 5.02 Å². The largest absolute Gasteiger partial charge is 0.462 e. The molecule has 4 heterocycles. The fourth-order valence-corrected chi connectivity index (χ4v) is 5.67. The fraction of sp³-hybridized carbons (Fsp3) is 0.455. The Morgan fingerprint density at radius 2 is 2.20 bits per heavy atom. The number of esters is 1. The summed E-state index contributed by atoms with van der Waals surface area (Å²) in [6.45, 7) is 4.95. The van der Waals surface area contributed by atoms with E-state index in [4.69, 9.17) is 26.1 Å². The van der Waals surface area contributed by atoms with Gasteiger partial charge in [-0.2, -0.15) is 0 Å². The highest BCUT2D eigenvalue weighted by Gasteiger charge is 2.34. The summed E-state index contributed by atoms with van der Waals surface area (Å²) in [6.07, 6.45) is 3.82. The third-order valence-corrected chi connectivity index (χ3v) is 8.34. The van der Waals surface area contributed by atoms with Gasteiger partial charge in [-0.1, -0.05) is 22.9 Å². The lowest BCUT2D eigenvalue weighted by Gasteiger charge is -2.37. The number of piperidine rings is 1. The van der Waals surface area contributed by atoms with E-state index in [2.05, 4.69) is 36.1 Å². The Morgan fingerprint density at radius 3 is 2.80 bits per heavy atom. The smallest absolute Gasteiger partial charge is 0.350 e. The van der Waals surface area contributed by atoms with Crippen LogP contribution in [0.1, 0.15) is 39.2 Å². The van der Waals surface area contributed by atoms with Crippen LogP contribution in [0.5, 0.6) is 0 Å². The maximum Gasteiger partial charge on any atom is 0.350 e. The first kappa shape index (κ1) is 25.7. The number of thiazole rings is 1. The van der Waals surface area contributed by atoms with Gasteiger partial charge in [0.15, 0.2) is 5.13 Å². The number of halogens is 2. The second kappa shape index (κ2) is 10.7. The Bertz CT molecular complexity index is 1240. The van der Waals surface area contributed by atoms with Crippen molar-refractivity contribution >= 4 is 55.9 Å². The predicted molar refractivity (Wildman–Crippen MR) is 137 cm³/mol. The maximum absolute atomic E-state index is 12.9. The number of aryl methyl sites for hydroxylation is 2. The summed E-state index contributed by atoms with van der Waals surface area (Å²) in [5.41, 5.74) is 2.20. The number of rotatable bonds is 7. The molecule has 0 saturated carbocycles. The van der Waals surface area contributed by atoms with Crippen LogP contribution in [0, 0.1) is 6.92 Å². The van der Waals surface area contributed by atoms with Crippen molar-refractivity contribution in [2.24, 2.45) is 7.05 Å². The maximum atomic E-state index is 12.9.